The summed E-state index contributed by atoms with van der Waals surface area (Å²) in [6, 6.07) is 5.73. The highest BCUT2D eigenvalue weighted by Gasteiger charge is 2.49. The van der Waals surface area contributed by atoms with Crippen LogP contribution in [0.4, 0.5) is 11.4 Å². The molecule has 0 saturated heterocycles. The number of carbonyl (C=O) groups is 2. The minimum atomic E-state index is -0.0654. The van der Waals surface area contributed by atoms with Crippen LogP contribution in [0.1, 0.15) is 31.2 Å². The zero-order chi connectivity index (χ0) is 15.3. The Morgan fingerprint density at radius 2 is 2.05 bits per heavy atom. The second-order valence-corrected chi connectivity index (χ2v) is 6.85. The van der Waals surface area contributed by atoms with Crippen molar-refractivity contribution in [3.8, 4) is 0 Å². The van der Waals surface area contributed by atoms with Gasteiger partial charge in [-0.3, -0.25) is 9.59 Å². The maximum atomic E-state index is 12.6. The molecule has 116 valence electrons. The maximum absolute atomic E-state index is 12.6. The van der Waals surface area contributed by atoms with Gasteiger partial charge in [-0.2, -0.15) is 0 Å². The third-order valence-corrected chi connectivity index (χ3v) is 5.56. The van der Waals surface area contributed by atoms with Crippen LogP contribution >= 0.6 is 0 Å². The van der Waals surface area contributed by atoms with Gasteiger partial charge in [0.25, 0.3) is 0 Å². The van der Waals surface area contributed by atoms with Gasteiger partial charge in [-0.25, -0.2) is 0 Å². The molecule has 1 heterocycles. The van der Waals surface area contributed by atoms with E-state index in [0.717, 1.165) is 36.2 Å². The molecule has 5 heteroatoms. The number of rotatable bonds is 2. The standard InChI is InChI=1S/C17H21N3O2/c18-16-11-2-1-10(7-11)15(16)17(22)19-12-5-3-9-4-6-14(21)20-13(9)8-12/h3,5,8,10-11,15-16H,1-2,4,6-7,18H2,(H,19,22)(H,20,21). The highest BCUT2D eigenvalue weighted by Crippen LogP contribution is 2.48. The number of nitrogens with two attached hydrogens (primary N) is 1. The van der Waals surface area contributed by atoms with E-state index in [1.54, 1.807) is 0 Å². The molecule has 5 nitrogen and oxygen atoms in total. The first-order chi connectivity index (χ1) is 10.6. The van der Waals surface area contributed by atoms with Crippen LogP contribution in [0, 0.1) is 17.8 Å². The van der Waals surface area contributed by atoms with E-state index >= 15 is 0 Å². The molecular weight excluding hydrogens is 278 g/mol. The van der Waals surface area contributed by atoms with Crippen LogP contribution in [0.3, 0.4) is 0 Å². The van der Waals surface area contributed by atoms with Gasteiger partial charge in [-0.1, -0.05) is 6.07 Å². The molecule has 2 fully saturated rings. The molecule has 2 aliphatic carbocycles. The Balaban J connectivity index is 1.50. The van der Waals surface area contributed by atoms with Crippen LogP contribution in [0.5, 0.6) is 0 Å². The number of fused-ring (bicyclic) bond motifs is 3. The molecule has 4 unspecified atom stereocenters. The Hall–Kier alpha value is -1.88. The zero-order valence-electron chi connectivity index (χ0n) is 12.5. The number of hydrogen-bond acceptors (Lipinski definition) is 3. The van der Waals surface area contributed by atoms with E-state index in [-0.39, 0.29) is 23.8 Å². The van der Waals surface area contributed by atoms with Crippen molar-refractivity contribution in [1.29, 1.82) is 0 Å². The lowest BCUT2D eigenvalue weighted by molar-refractivity contribution is -0.121. The molecule has 4 N–H and O–H groups in total. The van der Waals surface area contributed by atoms with Crippen molar-refractivity contribution in [2.24, 2.45) is 23.5 Å². The summed E-state index contributed by atoms with van der Waals surface area (Å²) in [6.45, 7) is 0. The van der Waals surface area contributed by atoms with Gasteiger partial charge in [0.05, 0.1) is 5.92 Å². The van der Waals surface area contributed by atoms with E-state index in [1.807, 2.05) is 18.2 Å². The fourth-order valence-corrected chi connectivity index (χ4v) is 4.40. The number of amides is 2. The first kappa shape index (κ1) is 13.8. The molecule has 22 heavy (non-hydrogen) atoms. The summed E-state index contributed by atoms with van der Waals surface area (Å²) in [5.74, 6) is 0.957. The molecule has 0 spiro atoms. The average molecular weight is 299 g/mol. The fraction of sp³-hybridized carbons (Fsp3) is 0.529. The van der Waals surface area contributed by atoms with Gasteiger partial charge < -0.3 is 16.4 Å². The lowest BCUT2D eigenvalue weighted by atomic mass is 9.84. The predicted molar refractivity (Wildman–Crippen MR) is 84.3 cm³/mol. The van der Waals surface area contributed by atoms with Crippen LogP contribution in [-0.4, -0.2) is 17.9 Å². The number of carbonyl (C=O) groups excluding carboxylic acids is 2. The van der Waals surface area contributed by atoms with Crippen LogP contribution < -0.4 is 16.4 Å². The summed E-state index contributed by atoms with van der Waals surface area (Å²) >= 11 is 0. The topological polar surface area (TPSA) is 84.2 Å². The molecule has 3 aliphatic rings. The third-order valence-electron chi connectivity index (χ3n) is 5.56. The summed E-state index contributed by atoms with van der Waals surface area (Å²) in [6.07, 6.45) is 4.67. The molecule has 0 aromatic heterocycles. The third kappa shape index (κ3) is 2.20. The fourth-order valence-electron chi connectivity index (χ4n) is 4.40. The van der Waals surface area contributed by atoms with Crippen LogP contribution in [0.2, 0.25) is 0 Å². The number of hydrogen-bond donors (Lipinski definition) is 3. The quantitative estimate of drug-likeness (QED) is 0.779. The van der Waals surface area contributed by atoms with Crippen LogP contribution in [0.15, 0.2) is 18.2 Å². The first-order valence-electron chi connectivity index (χ1n) is 8.11. The molecule has 2 saturated carbocycles. The molecule has 1 aliphatic heterocycles. The molecule has 1 aromatic carbocycles. The van der Waals surface area contributed by atoms with Crippen molar-refractivity contribution in [3.05, 3.63) is 23.8 Å². The van der Waals surface area contributed by atoms with E-state index in [4.69, 9.17) is 5.73 Å². The van der Waals surface area contributed by atoms with Gasteiger partial charge >= 0.3 is 0 Å². The van der Waals surface area contributed by atoms with Crippen molar-refractivity contribution in [3.63, 3.8) is 0 Å². The van der Waals surface area contributed by atoms with Gasteiger partial charge in [0, 0.05) is 23.8 Å². The molecule has 1 aromatic rings. The predicted octanol–water partition coefficient (Wildman–Crippen LogP) is 1.88. The summed E-state index contributed by atoms with van der Waals surface area (Å²) in [4.78, 5) is 24.1. The Bertz CT molecular complexity index is 641. The van der Waals surface area contributed by atoms with Gasteiger partial charge in [-0.15, -0.1) is 0 Å². The molecule has 2 amide bonds. The van der Waals surface area contributed by atoms with Gasteiger partial charge in [0.15, 0.2) is 0 Å². The van der Waals surface area contributed by atoms with Crippen molar-refractivity contribution >= 4 is 23.2 Å². The zero-order valence-corrected chi connectivity index (χ0v) is 12.5. The van der Waals surface area contributed by atoms with Crippen molar-refractivity contribution < 1.29 is 9.59 Å². The van der Waals surface area contributed by atoms with E-state index in [2.05, 4.69) is 10.6 Å². The van der Waals surface area contributed by atoms with E-state index < -0.39 is 0 Å². The Kier molecular flexibility index (Phi) is 3.18. The highest BCUT2D eigenvalue weighted by atomic mass is 16.2. The minimum absolute atomic E-state index is 0.00363. The summed E-state index contributed by atoms with van der Waals surface area (Å²) < 4.78 is 0. The van der Waals surface area contributed by atoms with Crippen LogP contribution in [0.25, 0.3) is 0 Å². The van der Waals surface area contributed by atoms with Gasteiger partial charge in [0.1, 0.15) is 0 Å². The summed E-state index contributed by atoms with van der Waals surface area (Å²) in [5, 5.41) is 5.86. The lowest BCUT2D eigenvalue weighted by Gasteiger charge is -2.27. The van der Waals surface area contributed by atoms with Crippen molar-refractivity contribution in [1.82, 2.24) is 0 Å². The molecule has 4 rings (SSSR count). The second-order valence-electron chi connectivity index (χ2n) is 6.85. The minimum Gasteiger partial charge on any atom is -0.327 e. The van der Waals surface area contributed by atoms with Crippen molar-refractivity contribution in [2.45, 2.75) is 38.1 Å². The number of aryl methyl sites for hydroxylation is 1. The monoisotopic (exact) mass is 299 g/mol. The van der Waals surface area contributed by atoms with Gasteiger partial charge in [-0.05, 0) is 55.2 Å². The van der Waals surface area contributed by atoms with Crippen molar-refractivity contribution in [2.75, 3.05) is 10.6 Å². The average Bonchev–Trinajstić information content (AvgIpc) is 3.07. The Labute approximate surface area is 129 Å². The van der Waals surface area contributed by atoms with E-state index in [0.29, 0.717) is 18.3 Å². The Morgan fingerprint density at radius 1 is 1.23 bits per heavy atom. The maximum Gasteiger partial charge on any atom is 0.229 e. The number of anilines is 2. The molecule has 4 atom stereocenters. The normalized spacial score (nSPS) is 32.5. The highest BCUT2D eigenvalue weighted by molar-refractivity contribution is 5.97. The molecular formula is C17H21N3O2. The second kappa shape index (κ2) is 5.09. The van der Waals surface area contributed by atoms with E-state index in [9.17, 15) is 9.59 Å². The molecule has 0 radical (unpaired) electrons. The Morgan fingerprint density at radius 3 is 2.82 bits per heavy atom. The van der Waals surface area contributed by atoms with E-state index in [1.165, 1.54) is 6.42 Å². The number of benzene rings is 1. The number of nitrogens with one attached hydrogen (secondary N) is 2. The summed E-state index contributed by atoms with van der Waals surface area (Å²) in [7, 11) is 0. The van der Waals surface area contributed by atoms with Gasteiger partial charge in [0.2, 0.25) is 11.8 Å². The summed E-state index contributed by atoms with van der Waals surface area (Å²) in [5.41, 5.74) is 8.90. The smallest absolute Gasteiger partial charge is 0.229 e. The molecule has 2 bridgehead atoms. The lowest BCUT2D eigenvalue weighted by Crippen LogP contribution is -2.42. The SMILES string of the molecule is NC1C2CCC(C2)C1C(=O)Nc1ccc2c(c1)NC(=O)CC2. The van der Waals surface area contributed by atoms with Crippen LogP contribution in [-0.2, 0) is 16.0 Å². The first-order valence-corrected chi connectivity index (χ1v) is 8.11. The largest absolute Gasteiger partial charge is 0.327 e.